The summed E-state index contributed by atoms with van der Waals surface area (Å²) in [6, 6.07) is -0.691. The van der Waals surface area contributed by atoms with Crippen molar-refractivity contribution in [2.45, 2.75) is 83.9 Å². The Bertz CT molecular complexity index is 1670. The van der Waals surface area contributed by atoms with Crippen LogP contribution in [-0.2, 0) is 27.2 Å². The second-order valence-electron chi connectivity index (χ2n) is 12.7. The number of nitrogens with zero attached hydrogens (tertiary/aromatic N) is 2. The molecule has 0 aromatic heterocycles. The largest absolute Gasteiger partial charge is 0.504 e. The zero-order valence-corrected chi connectivity index (χ0v) is 27.7. The Balaban J connectivity index is 1.50. The van der Waals surface area contributed by atoms with Crippen molar-refractivity contribution in [2.75, 3.05) is 27.5 Å². The minimum atomic E-state index is -0.989. The summed E-state index contributed by atoms with van der Waals surface area (Å²) in [5.41, 5.74) is 4.39. The number of hydrogen-bond acceptors (Lipinski definition) is 11. The smallest absolute Gasteiger partial charge is 0.308 e. The molecule has 1 saturated heterocycles. The molecular weight excluding hydrogens is 608 g/mol. The number of rotatable bonds is 7. The van der Waals surface area contributed by atoms with Crippen LogP contribution in [-0.4, -0.2) is 89.6 Å². The Morgan fingerprint density at radius 1 is 1.13 bits per heavy atom. The lowest BCUT2D eigenvalue weighted by atomic mass is 9.73. The third kappa shape index (κ3) is 5.26. The van der Waals surface area contributed by atoms with Gasteiger partial charge in [-0.3, -0.25) is 24.2 Å². The molecule has 2 bridgehead atoms. The summed E-state index contributed by atoms with van der Waals surface area (Å²) in [5, 5.41) is 29.4. The maximum Gasteiger partial charge on any atom is 0.308 e. The fourth-order valence-corrected chi connectivity index (χ4v) is 7.95. The normalized spacial score (nSPS) is 25.0. The zero-order chi connectivity index (χ0) is 33.9. The molecule has 2 amide bonds. The summed E-state index contributed by atoms with van der Waals surface area (Å²) in [5.74, 6) is 0.384. The van der Waals surface area contributed by atoms with Crippen molar-refractivity contribution < 1.29 is 43.5 Å². The highest BCUT2D eigenvalue weighted by Gasteiger charge is 2.56. The molecule has 0 radical (unpaired) electrons. The molecule has 2 aromatic carbocycles. The second kappa shape index (κ2) is 12.4. The third-order valence-electron chi connectivity index (χ3n) is 9.88. The van der Waals surface area contributed by atoms with Crippen LogP contribution < -0.4 is 29.6 Å². The summed E-state index contributed by atoms with van der Waals surface area (Å²) < 4.78 is 23.4. The molecule has 4 N–H and O–H groups in total. The number of benzene rings is 2. The van der Waals surface area contributed by atoms with Crippen LogP contribution in [0.4, 0.5) is 0 Å². The molecule has 0 aliphatic carbocycles. The van der Waals surface area contributed by atoms with Crippen molar-refractivity contribution in [3.8, 4) is 28.7 Å². The average molecular weight is 651 g/mol. The van der Waals surface area contributed by atoms with E-state index >= 15 is 0 Å². The van der Waals surface area contributed by atoms with E-state index in [0.29, 0.717) is 58.1 Å². The molecule has 1 unspecified atom stereocenters. The van der Waals surface area contributed by atoms with Gasteiger partial charge in [0.15, 0.2) is 23.0 Å². The molecule has 4 aliphatic heterocycles. The van der Waals surface area contributed by atoms with Gasteiger partial charge in [0.05, 0.1) is 25.2 Å². The molecule has 0 spiro atoms. The number of allylic oxidation sites excluding steroid dienone is 1. The Morgan fingerprint density at radius 3 is 2.53 bits per heavy atom. The molecule has 13 heteroatoms. The van der Waals surface area contributed by atoms with Gasteiger partial charge in [0.1, 0.15) is 18.0 Å². The van der Waals surface area contributed by atoms with Crippen LogP contribution in [0.3, 0.4) is 0 Å². The number of fused-ring (bicyclic) bond motifs is 9. The first-order valence-corrected chi connectivity index (χ1v) is 15.8. The monoisotopic (exact) mass is 650 g/mol. The molecule has 4 aliphatic rings. The lowest BCUT2D eigenvalue weighted by molar-refractivity contribution is -0.172. The van der Waals surface area contributed by atoms with Crippen molar-refractivity contribution in [3.63, 3.8) is 0 Å². The van der Waals surface area contributed by atoms with E-state index in [9.17, 15) is 24.6 Å². The Morgan fingerprint density at radius 2 is 1.85 bits per heavy atom. The maximum atomic E-state index is 13.3. The van der Waals surface area contributed by atoms with Gasteiger partial charge in [-0.25, -0.2) is 0 Å². The quantitative estimate of drug-likeness (QED) is 0.197. The number of aryl methyl sites for hydroxylation is 1. The first-order valence-electron chi connectivity index (χ1n) is 15.8. The first kappa shape index (κ1) is 32.6. The van der Waals surface area contributed by atoms with E-state index in [2.05, 4.69) is 15.5 Å². The number of amides is 2. The molecule has 6 rings (SSSR count). The number of aliphatic hydroxyl groups is 1. The third-order valence-corrected chi connectivity index (χ3v) is 9.88. The molecule has 1 fully saturated rings. The molecule has 4 heterocycles. The number of ether oxygens (including phenoxy) is 4. The lowest BCUT2D eigenvalue weighted by Crippen LogP contribution is -2.69. The van der Waals surface area contributed by atoms with Crippen LogP contribution in [0.25, 0.3) is 0 Å². The van der Waals surface area contributed by atoms with E-state index in [0.717, 1.165) is 11.1 Å². The van der Waals surface area contributed by atoms with Crippen molar-refractivity contribution in [1.82, 2.24) is 20.4 Å². The lowest BCUT2D eigenvalue weighted by Gasteiger charge is -2.60. The van der Waals surface area contributed by atoms with E-state index in [1.165, 1.54) is 20.1 Å². The van der Waals surface area contributed by atoms with Gasteiger partial charge in [0, 0.05) is 41.8 Å². The first-order chi connectivity index (χ1) is 22.4. The number of piperazine rings is 1. The Hall–Kier alpha value is -4.33. The topological polar surface area (TPSA) is 159 Å². The highest BCUT2D eigenvalue weighted by Crippen LogP contribution is 2.58. The summed E-state index contributed by atoms with van der Waals surface area (Å²) in [7, 11) is 3.46. The molecule has 47 heavy (non-hydrogen) atoms. The molecular formula is C34H42N4O9. The van der Waals surface area contributed by atoms with Gasteiger partial charge < -0.3 is 39.8 Å². The Kier molecular flexibility index (Phi) is 8.58. The van der Waals surface area contributed by atoms with Crippen molar-refractivity contribution in [2.24, 2.45) is 0 Å². The molecule has 13 nitrogen and oxygen atoms in total. The summed E-state index contributed by atoms with van der Waals surface area (Å²) in [4.78, 5) is 42.0. The van der Waals surface area contributed by atoms with Gasteiger partial charge in [-0.1, -0.05) is 12.1 Å². The molecule has 252 valence electrons. The van der Waals surface area contributed by atoms with E-state index in [1.807, 2.05) is 24.9 Å². The summed E-state index contributed by atoms with van der Waals surface area (Å²) >= 11 is 0. The van der Waals surface area contributed by atoms with Crippen molar-refractivity contribution in [1.29, 1.82) is 0 Å². The van der Waals surface area contributed by atoms with Crippen LogP contribution in [0.15, 0.2) is 18.2 Å². The average Bonchev–Trinajstić information content (AvgIpc) is 3.50. The fourth-order valence-electron chi connectivity index (χ4n) is 7.95. The van der Waals surface area contributed by atoms with Crippen molar-refractivity contribution >= 4 is 17.8 Å². The van der Waals surface area contributed by atoms with Crippen molar-refractivity contribution in [3.05, 3.63) is 51.6 Å². The van der Waals surface area contributed by atoms with Crippen LogP contribution in [0.2, 0.25) is 0 Å². The number of hydrogen-bond donors (Lipinski definition) is 4. The number of aliphatic hydroxyl groups excluding tert-OH is 1. The second-order valence-corrected chi connectivity index (χ2v) is 12.7. The van der Waals surface area contributed by atoms with Gasteiger partial charge in [-0.2, -0.15) is 0 Å². The van der Waals surface area contributed by atoms with Crippen LogP contribution in [0.5, 0.6) is 28.7 Å². The number of carbonyl (C=O) groups is 3. The van der Waals surface area contributed by atoms with Gasteiger partial charge in [0.25, 0.3) is 0 Å². The van der Waals surface area contributed by atoms with Crippen LogP contribution >= 0.6 is 0 Å². The minimum absolute atomic E-state index is 0.0286. The standard InChI is InChI=1S/C34H42N4O9/c1-8-9-24(40)36-17(4)33(42)35-13-23-26-20(30(47-18(5)39)16(3)31-32(26)46-14-45-31)12-21-27-25-19(10-15(2)29(44-7)28(25)41)11-22(37(27)6)34(43)38(21)23/h8-10,17,21-23,27,34,41,43H,11-14H2,1-7H3,(H,35,42)(H,36,40)/b9-8+/t17-,21?,22-,23-,27-,34-/m0/s1. The van der Waals surface area contributed by atoms with E-state index in [4.69, 9.17) is 18.9 Å². The number of phenolic OH excluding ortho intramolecular Hbond substituents is 1. The summed E-state index contributed by atoms with van der Waals surface area (Å²) in [6.45, 7) is 8.31. The van der Waals surface area contributed by atoms with Gasteiger partial charge in [-0.05, 0) is 64.8 Å². The summed E-state index contributed by atoms with van der Waals surface area (Å²) in [6.07, 6.45) is 2.73. The van der Waals surface area contributed by atoms with E-state index in [-0.39, 0.29) is 25.1 Å². The van der Waals surface area contributed by atoms with E-state index < -0.39 is 48.2 Å². The molecule has 0 saturated carbocycles. The predicted molar refractivity (Wildman–Crippen MR) is 170 cm³/mol. The van der Waals surface area contributed by atoms with Gasteiger partial charge >= 0.3 is 5.97 Å². The number of phenols is 1. The fraction of sp³-hybridized carbons (Fsp3) is 0.500. The predicted octanol–water partition coefficient (Wildman–Crippen LogP) is 2.07. The Labute approximate surface area is 273 Å². The number of carbonyl (C=O) groups excluding carboxylic acids is 3. The molecule has 6 atom stereocenters. The minimum Gasteiger partial charge on any atom is -0.504 e. The highest BCUT2D eigenvalue weighted by atomic mass is 16.7. The number of esters is 1. The van der Waals surface area contributed by atoms with E-state index in [1.54, 1.807) is 26.8 Å². The number of methoxy groups -OCH3 is 1. The van der Waals surface area contributed by atoms with Crippen LogP contribution in [0, 0.1) is 13.8 Å². The number of nitrogens with one attached hydrogen (secondary N) is 2. The number of likely N-dealkylation sites (N-methyl/N-ethyl adjacent to an activating group) is 1. The van der Waals surface area contributed by atoms with Gasteiger partial charge in [0.2, 0.25) is 18.6 Å². The van der Waals surface area contributed by atoms with Gasteiger partial charge in [-0.15, -0.1) is 0 Å². The molecule has 2 aromatic rings. The maximum absolute atomic E-state index is 13.3. The number of aromatic hydroxyl groups is 1. The highest BCUT2D eigenvalue weighted by molar-refractivity contribution is 5.92. The SMILES string of the molecule is C/C=C/C(=O)N[C@@H](C)C(=O)NC[C@H]1c2c(c(OC(C)=O)c(C)c3c2OCO3)CC2[C@H]3c4c(cc(C)c(OC)c4O)C[C@@H]([C@H](O)N21)N3C. The zero-order valence-electron chi connectivity index (χ0n) is 27.7. The van der Waals surface area contributed by atoms with Crippen LogP contribution in [0.1, 0.15) is 66.2 Å².